The number of amides is 4. The van der Waals surface area contributed by atoms with Crippen molar-refractivity contribution in [2.45, 2.75) is 13.3 Å². The molecule has 7 nitrogen and oxygen atoms in total. The summed E-state index contributed by atoms with van der Waals surface area (Å²) in [6, 6.07) is 28.4. The molecule has 208 valence electrons. The standard InChI is InChI=1S/C34H27FN4O3/c1-22-12-14-23(15-13-22)31(36-19-18-24-21-37-29-17-16-25(35)20-28(24)29)30-32(40)38(26-8-4-2-5-9-26)34(42)39(33(30)41)27-10-6-3-7-11-27/h2-17,20-21,30,37H,18-19H2,1H3. The summed E-state index contributed by atoms with van der Waals surface area (Å²) in [5.41, 5.74) is 4.27. The zero-order chi connectivity index (χ0) is 29.2. The van der Waals surface area contributed by atoms with Gasteiger partial charge in [0.2, 0.25) is 0 Å². The van der Waals surface area contributed by atoms with Gasteiger partial charge in [-0.3, -0.25) is 14.6 Å². The molecular formula is C34H27FN4O3. The van der Waals surface area contributed by atoms with Crippen LogP contribution in [0.3, 0.4) is 0 Å². The third kappa shape index (κ3) is 4.99. The van der Waals surface area contributed by atoms with Crippen LogP contribution in [0, 0.1) is 18.7 Å². The zero-order valence-electron chi connectivity index (χ0n) is 22.8. The number of aromatic nitrogens is 1. The molecule has 5 aromatic rings. The number of imide groups is 2. The highest BCUT2D eigenvalue weighted by atomic mass is 19.1. The number of urea groups is 1. The predicted molar refractivity (Wildman–Crippen MR) is 161 cm³/mol. The number of aromatic amines is 1. The van der Waals surface area contributed by atoms with Crippen LogP contribution in [-0.4, -0.2) is 35.1 Å². The Bertz CT molecular complexity index is 1750. The Morgan fingerprint density at radius 3 is 2.00 bits per heavy atom. The van der Waals surface area contributed by atoms with Crippen molar-refractivity contribution in [1.82, 2.24) is 4.98 Å². The number of hydrogen-bond donors (Lipinski definition) is 1. The molecule has 1 saturated heterocycles. The van der Waals surface area contributed by atoms with Gasteiger partial charge < -0.3 is 4.98 Å². The van der Waals surface area contributed by atoms with E-state index in [-0.39, 0.29) is 18.1 Å². The largest absolute Gasteiger partial charge is 0.361 e. The molecule has 0 unspecified atom stereocenters. The molecular weight excluding hydrogens is 531 g/mol. The van der Waals surface area contributed by atoms with Crippen LogP contribution in [-0.2, 0) is 16.0 Å². The normalized spacial score (nSPS) is 14.7. The van der Waals surface area contributed by atoms with Crippen LogP contribution < -0.4 is 9.80 Å². The van der Waals surface area contributed by atoms with Gasteiger partial charge in [0, 0.05) is 23.6 Å². The summed E-state index contributed by atoms with van der Waals surface area (Å²) >= 11 is 0. The molecule has 0 bridgehead atoms. The van der Waals surface area contributed by atoms with Gasteiger partial charge in [-0.1, -0.05) is 66.2 Å². The number of H-pyrrole nitrogens is 1. The Labute approximate surface area is 241 Å². The lowest BCUT2D eigenvalue weighted by molar-refractivity contribution is -0.129. The van der Waals surface area contributed by atoms with Crippen molar-refractivity contribution in [1.29, 1.82) is 0 Å². The van der Waals surface area contributed by atoms with Gasteiger partial charge in [-0.25, -0.2) is 19.0 Å². The first-order chi connectivity index (χ1) is 20.4. The van der Waals surface area contributed by atoms with Crippen molar-refractivity contribution in [3.63, 3.8) is 0 Å². The van der Waals surface area contributed by atoms with Gasteiger partial charge in [0.25, 0.3) is 11.8 Å². The van der Waals surface area contributed by atoms with Gasteiger partial charge in [-0.15, -0.1) is 0 Å². The van der Waals surface area contributed by atoms with E-state index in [1.165, 1.54) is 12.1 Å². The molecule has 0 saturated carbocycles. The van der Waals surface area contributed by atoms with Gasteiger partial charge in [0.1, 0.15) is 5.82 Å². The maximum Gasteiger partial charge on any atom is 0.342 e. The highest BCUT2D eigenvalue weighted by Crippen LogP contribution is 2.31. The maximum absolute atomic E-state index is 14.1. The number of anilines is 2. The molecule has 1 aliphatic heterocycles. The smallest absolute Gasteiger partial charge is 0.342 e. The van der Waals surface area contributed by atoms with Crippen molar-refractivity contribution in [3.05, 3.63) is 132 Å². The van der Waals surface area contributed by atoms with Gasteiger partial charge >= 0.3 is 6.03 Å². The second-order valence-corrected chi connectivity index (χ2v) is 10.1. The van der Waals surface area contributed by atoms with E-state index in [2.05, 4.69) is 4.98 Å². The summed E-state index contributed by atoms with van der Waals surface area (Å²) in [6.07, 6.45) is 2.26. The fourth-order valence-electron chi connectivity index (χ4n) is 5.24. The summed E-state index contributed by atoms with van der Waals surface area (Å²) in [7, 11) is 0. The molecule has 1 fully saturated rings. The van der Waals surface area contributed by atoms with Crippen LogP contribution in [0.4, 0.5) is 20.6 Å². The lowest BCUT2D eigenvalue weighted by Gasteiger charge is -2.37. The molecule has 0 atom stereocenters. The molecule has 4 aromatic carbocycles. The summed E-state index contributed by atoms with van der Waals surface area (Å²) < 4.78 is 14.0. The first-order valence-electron chi connectivity index (χ1n) is 13.6. The molecule has 42 heavy (non-hydrogen) atoms. The third-order valence-corrected chi connectivity index (χ3v) is 7.36. The first kappa shape index (κ1) is 26.8. The number of benzene rings is 4. The van der Waals surface area contributed by atoms with Crippen LogP contribution in [0.25, 0.3) is 10.9 Å². The quantitative estimate of drug-likeness (QED) is 0.184. The number of carbonyl (C=O) groups excluding carboxylic acids is 3. The average molecular weight is 559 g/mol. The number of nitrogens with one attached hydrogen (secondary N) is 1. The van der Waals surface area contributed by atoms with Crippen molar-refractivity contribution in [2.75, 3.05) is 16.3 Å². The molecule has 2 heterocycles. The molecule has 0 spiro atoms. The Kier molecular flexibility index (Phi) is 7.19. The number of aryl methyl sites for hydroxylation is 1. The van der Waals surface area contributed by atoms with Gasteiger partial charge in [0.15, 0.2) is 5.92 Å². The number of hydrogen-bond acceptors (Lipinski definition) is 4. The van der Waals surface area contributed by atoms with Crippen molar-refractivity contribution in [3.8, 4) is 0 Å². The number of barbiturate groups is 1. The van der Waals surface area contributed by atoms with Crippen molar-refractivity contribution in [2.24, 2.45) is 10.9 Å². The molecule has 0 aliphatic carbocycles. The Morgan fingerprint density at radius 2 is 1.40 bits per heavy atom. The number of fused-ring (bicyclic) bond motifs is 1. The average Bonchev–Trinajstić information content (AvgIpc) is 3.40. The van der Waals surface area contributed by atoms with Crippen molar-refractivity contribution >= 4 is 45.8 Å². The highest BCUT2D eigenvalue weighted by molar-refractivity contribution is 6.43. The summed E-state index contributed by atoms with van der Waals surface area (Å²) in [4.78, 5) is 52.1. The van der Waals surface area contributed by atoms with E-state index in [1.54, 1.807) is 66.7 Å². The van der Waals surface area contributed by atoms with Gasteiger partial charge in [0.05, 0.1) is 17.1 Å². The fraction of sp³-hybridized carbons (Fsp3) is 0.118. The van der Waals surface area contributed by atoms with E-state index in [0.29, 0.717) is 23.4 Å². The lowest BCUT2D eigenvalue weighted by Crippen LogP contribution is -2.62. The fourth-order valence-corrected chi connectivity index (χ4v) is 5.24. The number of halogens is 1. The van der Waals surface area contributed by atoms with E-state index in [9.17, 15) is 18.8 Å². The maximum atomic E-state index is 14.1. The monoisotopic (exact) mass is 558 g/mol. The second-order valence-electron chi connectivity index (χ2n) is 10.1. The first-order valence-corrected chi connectivity index (χ1v) is 13.6. The summed E-state index contributed by atoms with van der Waals surface area (Å²) in [6.45, 7) is 2.18. The van der Waals surface area contributed by atoms with Crippen LogP contribution in [0.15, 0.2) is 114 Å². The molecule has 8 heteroatoms. The number of rotatable bonds is 7. The lowest BCUT2D eigenvalue weighted by atomic mass is 9.91. The summed E-state index contributed by atoms with van der Waals surface area (Å²) in [5, 5.41) is 0.753. The third-order valence-electron chi connectivity index (χ3n) is 7.36. The molecule has 1 aromatic heterocycles. The minimum Gasteiger partial charge on any atom is -0.361 e. The molecule has 6 rings (SSSR count). The topological polar surface area (TPSA) is 85.8 Å². The molecule has 4 amide bonds. The van der Waals surface area contributed by atoms with Crippen LogP contribution in [0.1, 0.15) is 16.7 Å². The Balaban J connectivity index is 1.44. The molecule has 1 N–H and O–H groups in total. The number of para-hydroxylation sites is 2. The van der Waals surface area contributed by atoms with Gasteiger partial charge in [-0.2, -0.15) is 0 Å². The highest BCUT2D eigenvalue weighted by Gasteiger charge is 2.49. The van der Waals surface area contributed by atoms with E-state index in [1.807, 2.05) is 37.4 Å². The second kappa shape index (κ2) is 11.2. The molecule has 0 radical (unpaired) electrons. The zero-order valence-corrected chi connectivity index (χ0v) is 22.8. The van der Waals surface area contributed by atoms with E-state index in [0.717, 1.165) is 31.8 Å². The SMILES string of the molecule is Cc1ccc(C(=NCCc2c[nH]c3ccc(F)cc23)C2C(=O)N(c3ccccc3)C(=O)N(c3ccccc3)C2=O)cc1. The number of nitrogens with zero attached hydrogens (tertiary/aromatic N) is 3. The van der Waals surface area contributed by atoms with Crippen LogP contribution in [0.5, 0.6) is 0 Å². The van der Waals surface area contributed by atoms with E-state index in [4.69, 9.17) is 4.99 Å². The minimum atomic E-state index is -1.37. The van der Waals surface area contributed by atoms with Crippen LogP contribution in [0.2, 0.25) is 0 Å². The predicted octanol–water partition coefficient (Wildman–Crippen LogP) is 6.46. The van der Waals surface area contributed by atoms with E-state index < -0.39 is 23.8 Å². The Hall–Kier alpha value is -5.37. The van der Waals surface area contributed by atoms with Crippen LogP contribution >= 0.6 is 0 Å². The number of carbonyl (C=O) groups is 3. The Morgan fingerprint density at radius 1 is 0.810 bits per heavy atom. The minimum absolute atomic E-state index is 0.231. The van der Waals surface area contributed by atoms with E-state index >= 15 is 0 Å². The molecule has 1 aliphatic rings. The van der Waals surface area contributed by atoms with Gasteiger partial charge in [-0.05, 0) is 66.9 Å². The van der Waals surface area contributed by atoms with Crippen molar-refractivity contribution < 1.29 is 18.8 Å². The number of aliphatic imine (C=N–C) groups is 1. The summed E-state index contributed by atoms with van der Waals surface area (Å²) in [5.74, 6) is -3.04.